The molecule has 0 radical (unpaired) electrons. The Balaban J connectivity index is 2.55. The van der Waals surface area contributed by atoms with Crippen LogP contribution in [0, 0.1) is 6.92 Å². The van der Waals surface area contributed by atoms with E-state index in [2.05, 4.69) is 0 Å². The van der Waals surface area contributed by atoms with Gasteiger partial charge in [-0.3, -0.25) is 0 Å². The van der Waals surface area contributed by atoms with E-state index < -0.39 is 12.1 Å². The highest BCUT2D eigenvalue weighted by molar-refractivity contribution is 6.32. The van der Waals surface area contributed by atoms with Crippen LogP contribution in [0.25, 0.3) is 0 Å². The van der Waals surface area contributed by atoms with Gasteiger partial charge in [0.25, 0.3) is 0 Å². The van der Waals surface area contributed by atoms with Gasteiger partial charge in [-0.2, -0.15) is 0 Å². The second kappa shape index (κ2) is 5.04. The molecule has 1 heterocycles. The van der Waals surface area contributed by atoms with Crippen LogP contribution < -0.4 is 9.47 Å². The zero-order chi connectivity index (χ0) is 13.3. The summed E-state index contributed by atoms with van der Waals surface area (Å²) < 4.78 is 11.0. The Bertz CT molecular complexity index is 486. The monoisotopic (exact) mass is 272 g/mol. The third-order valence-electron chi connectivity index (χ3n) is 2.79. The van der Waals surface area contributed by atoms with Gasteiger partial charge in [-0.05, 0) is 13.0 Å². The predicted octanol–water partition coefficient (Wildman–Crippen LogP) is 1.93. The number of carbonyl (C=O) groups is 1. The molecule has 2 N–H and O–H groups in total. The van der Waals surface area contributed by atoms with Crippen molar-refractivity contribution in [3.05, 3.63) is 22.2 Å². The number of carboxylic acids is 1. The maximum absolute atomic E-state index is 10.8. The van der Waals surface area contributed by atoms with E-state index in [0.717, 1.165) is 6.42 Å². The number of ether oxygens (including phenoxy) is 2. The molecule has 0 spiro atoms. The van der Waals surface area contributed by atoms with Gasteiger partial charge >= 0.3 is 5.97 Å². The predicted molar refractivity (Wildman–Crippen MR) is 64.4 cm³/mol. The maximum atomic E-state index is 10.8. The van der Waals surface area contributed by atoms with Gasteiger partial charge in [0.05, 0.1) is 18.2 Å². The fourth-order valence-corrected chi connectivity index (χ4v) is 2.11. The number of fused-ring (bicyclic) bond motifs is 1. The molecule has 6 heteroatoms. The van der Waals surface area contributed by atoms with Crippen molar-refractivity contribution >= 4 is 17.6 Å². The fraction of sp³-hybridized carbons (Fsp3) is 0.417. The van der Waals surface area contributed by atoms with Gasteiger partial charge in [0.1, 0.15) is 0 Å². The van der Waals surface area contributed by atoms with Gasteiger partial charge in [-0.15, -0.1) is 0 Å². The third-order valence-corrected chi connectivity index (χ3v) is 3.07. The molecule has 1 aliphatic heterocycles. The van der Waals surface area contributed by atoms with E-state index in [1.165, 1.54) is 6.07 Å². The first-order valence-electron chi connectivity index (χ1n) is 5.52. The van der Waals surface area contributed by atoms with Crippen molar-refractivity contribution in [1.82, 2.24) is 0 Å². The molecule has 1 aromatic carbocycles. The molecule has 0 fully saturated rings. The largest absolute Gasteiger partial charge is 0.489 e. The molecule has 0 saturated heterocycles. The number of rotatable bonds is 2. The highest BCUT2D eigenvalue weighted by Crippen LogP contribution is 2.42. The molecule has 98 valence electrons. The molecule has 1 aliphatic rings. The van der Waals surface area contributed by atoms with Crippen molar-refractivity contribution in [3.63, 3.8) is 0 Å². The van der Waals surface area contributed by atoms with Gasteiger partial charge in [0, 0.05) is 17.5 Å². The fourth-order valence-electron chi connectivity index (χ4n) is 1.85. The number of halogens is 1. The van der Waals surface area contributed by atoms with E-state index in [9.17, 15) is 9.90 Å². The van der Waals surface area contributed by atoms with Crippen molar-refractivity contribution in [1.29, 1.82) is 0 Å². The van der Waals surface area contributed by atoms with Crippen LogP contribution in [-0.4, -0.2) is 29.4 Å². The summed E-state index contributed by atoms with van der Waals surface area (Å²) in [6, 6.07) is 1.41. The van der Waals surface area contributed by atoms with E-state index in [4.69, 9.17) is 26.2 Å². The number of aliphatic carboxylic acids is 1. The average Bonchev–Trinajstić information content (AvgIpc) is 2.58. The van der Waals surface area contributed by atoms with Crippen molar-refractivity contribution in [2.75, 3.05) is 13.2 Å². The van der Waals surface area contributed by atoms with Crippen LogP contribution in [0.5, 0.6) is 11.5 Å². The molecule has 0 aromatic heterocycles. The highest BCUT2D eigenvalue weighted by atomic mass is 35.5. The van der Waals surface area contributed by atoms with Crippen LogP contribution in [0.4, 0.5) is 0 Å². The molecule has 1 aromatic rings. The zero-order valence-corrected chi connectivity index (χ0v) is 10.5. The topological polar surface area (TPSA) is 76.0 Å². The lowest BCUT2D eigenvalue weighted by Gasteiger charge is -2.17. The van der Waals surface area contributed by atoms with Crippen molar-refractivity contribution in [2.45, 2.75) is 19.4 Å². The summed E-state index contributed by atoms with van der Waals surface area (Å²) in [5.74, 6) is -0.507. The summed E-state index contributed by atoms with van der Waals surface area (Å²) in [4.78, 5) is 10.8. The van der Waals surface area contributed by atoms with Crippen LogP contribution in [0.2, 0.25) is 5.02 Å². The Morgan fingerprint density at radius 3 is 2.61 bits per heavy atom. The smallest absolute Gasteiger partial charge is 0.337 e. The van der Waals surface area contributed by atoms with E-state index in [1.54, 1.807) is 6.92 Å². The molecule has 0 bridgehead atoms. The Labute approximate surface area is 109 Å². The molecule has 2 rings (SSSR count). The van der Waals surface area contributed by atoms with Gasteiger partial charge in [0.15, 0.2) is 17.6 Å². The highest BCUT2D eigenvalue weighted by Gasteiger charge is 2.25. The number of hydrogen-bond donors (Lipinski definition) is 2. The van der Waals surface area contributed by atoms with Crippen molar-refractivity contribution in [2.24, 2.45) is 0 Å². The Morgan fingerprint density at radius 1 is 1.39 bits per heavy atom. The molecule has 0 saturated carbocycles. The lowest BCUT2D eigenvalue weighted by molar-refractivity contribution is -0.147. The molecular formula is C12H13ClO5. The van der Waals surface area contributed by atoms with E-state index in [0.29, 0.717) is 30.3 Å². The molecule has 0 aliphatic carbocycles. The minimum Gasteiger partial charge on any atom is -0.489 e. The quantitative estimate of drug-likeness (QED) is 0.860. The van der Waals surface area contributed by atoms with E-state index in [-0.39, 0.29) is 10.6 Å². The average molecular weight is 273 g/mol. The van der Waals surface area contributed by atoms with Crippen LogP contribution >= 0.6 is 11.6 Å². The zero-order valence-electron chi connectivity index (χ0n) is 9.77. The summed E-state index contributed by atoms with van der Waals surface area (Å²) in [5.41, 5.74) is 0.753. The number of carboxylic acid groups (broad SMARTS) is 1. The van der Waals surface area contributed by atoms with E-state index >= 15 is 0 Å². The second-order valence-electron chi connectivity index (χ2n) is 4.02. The first-order chi connectivity index (χ1) is 8.52. The van der Waals surface area contributed by atoms with Crippen molar-refractivity contribution < 1.29 is 24.5 Å². The lowest BCUT2D eigenvalue weighted by atomic mass is 10.0. The SMILES string of the molecule is Cc1c(C(O)C(=O)O)cc(Cl)c2c1OCCCO2. The third kappa shape index (κ3) is 2.23. The first kappa shape index (κ1) is 13.0. The second-order valence-corrected chi connectivity index (χ2v) is 4.43. The molecular weight excluding hydrogens is 260 g/mol. The van der Waals surface area contributed by atoms with Gasteiger partial charge in [-0.1, -0.05) is 11.6 Å². The first-order valence-corrected chi connectivity index (χ1v) is 5.89. The minimum absolute atomic E-state index is 0.219. The van der Waals surface area contributed by atoms with Crippen molar-refractivity contribution in [3.8, 4) is 11.5 Å². The normalized spacial score (nSPS) is 15.9. The standard InChI is InChI=1S/C12H13ClO5/c1-6-7(9(14)12(15)16)5-8(13)11-10(6)17-3-2-4-18-11/h5,9,14H,2-4H2,1H3,(H,15,16). The van der Waals surface area contributed by atoms with Gasteiger partial charge in [-0.25, -0.2) is 4.79 Å². The van der Waals surface area contributed by atoms with E-state index in [1.807, 2.05) is 0 Å². The van der Waals surface area contributed by atoms with Gasteiger partial charge in [0.2, 0.25) is 0 Å². The van der Waals surface area contributed by atoms with Crippen LogP contribution in [0.15, 0.2) is 6.07 Å². The molecule has 1 unspecified atom stereocenters. The number of benzene rings is 1. The molecule has 0 amide bonds. The van der Waals surface area contributed by atoms with Crippen LogP contribution in [0.3, 0.4) is 0 Å². The minimum atomic E-state index is -1.63. The van der Waals surface area contributed by atoms with Gasteiger partial charge < -0.3 is 19.7 Å². The summed E-state index contributed by atoms with van der Waals surface area (Å²) in [5, 5.41) is 18.7. The summed E-state index contributed by atoms with van der Waals surface area (Å²) >= 11 is 6.03. The summed E-state index contributed by atoms with van der Waals surface area (Å²) in [6.45, 7) is 2.63. The number of aliphatic hydroxyl groups excluding tert-OH is 1. The Morgan fingerprint density at radius 2 is 2.00 bits per heavy atom. The summed E-state index contributed by atoms with van der Waals surface area (Å²) in [6.07, 6.45) is -0.902. The van der Waals surface area contributed by atoms with Crippen LogP contribution in [0.1, 0.15) is 23.7 Å². The van der Waals surface area contributed by atoms with Crippen LogP contribution in [-0.2, 0) is 4.79 Å². The maximum Gasteiger partial charge on any atom is 0.337 e. The summed E-state index contributed by atoms with van der Waals surface area (Å²) in [7, 11) is 0. The molecule has 18 heavy (non-hydrogen) atoms. The Kier molecular flexibility index (Phi) is 3.63. The number of aliphatic hydroxyl groups is 1. The lowest BCUT2D eigenvalue weighted by Crippen LogP contribution is -2.12. The molecule has 5 nitrogen and oxygen atoms in total. The molecule has 1 atom stereocenters. The number of hydrogen-bond acceptors (Lipinski definition) is 4. The Hall–Kier alpha value is -1.46.